The van der Waals surface area contributed by atoms with Gasteiger partial charge in [0.15, 0.2) is 0 Å². The van der Waals surface area contributed by atoms with Crippen LogP contribution in [0.4, 0.5) is 0 Å². The van der Waals surface area contributed by atoms with Crippen LogP contribution in [-0.4, -0.2) is 24.5 Å². The highest BCUT2D eigenvalue weighted by molar-refractivity contribution is 4.75. The maximum Gasteiger partial charge on any atom is 0.00194 e. The van der Waals surface area contributed by atoms with Crippen molar-refractivity contribution in [3.05, 3.63) is 0 Å². The summed E-state index contributed by atoms with van der Waals surface area (Å²) in [5, 5.41) is 0. The number of hydrogen-bond acceptors (Lipinski definition) is 1. The number of rotatable bonds is 5. The molecule has 1 aliphatic heterocycles. The van der Waals surface area contributed by atoms with Gasteiger partial charge in [-0.1, -0.05) is 33.1 Å². The van der Waals surface area contributed by atoms with Crippen LogP contribution in [-0.2, 0) is 0 Å². The Morgan fingerprint density at radius 2 is 1.91 bits per heavy atom. The largest absolute Gasteiger partial charge is 0.303 e. The Morgan fingerprint density at radius 3 is 2.45 bits per heavy atom. The van der Waals surface area contributed by atoms with Crippen molar-refractivity contribution in [2.75, 3.05) is 19.6 Å². The van der Waals surface area contributed by atoms with Crippen molar-refractivity contribution in [3.63, 3.8) is 0 Å². The minimum absolute atomic E-state index is 0.973. The molecule has 0 aromatic carbocycles. The molecule has 0 spiro atoms. The lowest BCUT2D eigenvalue weighted by Crippen LogP contribution is -2.45. The Morgan fingerprint density at radius 1 is 1.18 bits per heavy atom. The van der Waals surface area contributed by atoms with Gasteiger partial charge in [-0.15, -0.1) is 0 Å². The summed E-state index contributed by atoms with van der Waals surface area (Å²) in [5.74, 6) is 0.973. The van der Waals surface area contributed by atoms with Gasteiger partial charge >= 0.3 is 0 Å². The first-order chi connectivity index (χ1) is 5.33. The third-order valence-corrected chi connectivity index (χ3v) is 2.47. The van der Waals surface area contributed by atoms with Crippen LogP contribution in [0.3, 0.4) is 0 Å². The molecular formula is C10H21N. The summed E-state index contributed by atoms with van der Waals surface area (Å²) in [6.45, 7) is 8.66. The van der Waals surface area contributed by atoms with Crippen LogP contribution >= 0.6 is 0 Å². The Balaban J connectivity index is 1.81. The smallest absolute Gasteiger partial charge is 0.00194 e. The predicted molar refractivity (Wildman–Crippen MR) is 49.7 cm³/mol. The summed E-state index contributed by atoms with van der Waals surface area (Å²) in [6.07, 6.45) is 5.63. The van der Waals surface area contributed by atoms with Gasteiger partial charge in [-0.3, -0.25) is 0 Å². The Kier molecular flexibility index (Phi) is 3.92. The molecular weight excluding hydrogens is 134 g/mol. The molecule has 1 heterocycles. The lowest BCUT2D eigenvalue weighted by Gasteiger charge is -2.37. The van der Waals surface area contributed by atoms with Gasteiger partial charge in [-0.2, -0.15) is 0 Å². The van der Waals surface area contributed by atoms with E-state index in [-0.39, 0.29) is 0 Å². The molecule has 0 N–H and O–H groups in total. The van der Waals surface area contributed by atoms with E-state index in [2.05, 4.69) is 18.7 Å². The molecule has 1 saturated heterocycles. The molecule has 66 valence electrons. The van der Waals surface area contributed by atoms with Crippen molar-refractivity contribution in [1.82, 2.24) is 4.90 Å². The first kappa shape index (κ1) is 9.05. The summed E-state index contributed by atoms with van der Waals surface area (Å²) in [5.41, 5.74) is 0. The zero-order valence-electron chi connectivity index (χ0n) is 7.97. The fraction of sp³-hybridized carbons (Fsp3) is 1.00. The predicted octanol–water partition coefficient (Wildman–Crippen LogP) is 2.52. The molecule has 0 amide bonds. The van der Waals surface area contributed by atoms with E-state index in [1.165, 1.54) is 45.3 Å². The van der Waals surface area contributed by atoms with E-state index in [4.69, 9.17) is 0 Å². The van der Waals surface area contributed by atoms with Gasteiger partial charge in [0.1, 0.15) is 0 Å². The van der Waals surface area contributed by atoms with Crippen LogP contribution in [0, 0.1) is 5.92 Å². The van der Waals surface area contributed by atoms with Gasteiger partial charge in [0.05, 0.1) is 0 Å². The Labute approximate surface area is 70.8 Å². The summed E-state index contributed by atoms with van der Waals surface area (Å²) in [4.78, 5) is 2.57. The third kappa shape index (κ3) is 3.24. The molecule has 0 saturated carbocycles. The van der Waals surface area contributed by atoms with E-state index < -0.39 is 0 Å². The van der Waals surface area contributed by atoms with Gasteiger partial charge in [0, 0.05) is 13.1 Å². The second-order valence-corrected chi connectivity index (χ2v) is 3.93. The second-order valence-electron chi connectivity index (χ2n) is 3.93. The SMILES string of the molecule is CCCCCCN1CC(C)C1. The summed E-state index contributed by atoms with van der Waals surface area (Å²) >= 11 is 0. The quantitative estimate of drug-likeness (QED) is 0.551. The van der Waals surface area contributed by atoms with E-state index in [1.807, 2.05) is 0 Å². The van der Waals surface area contributed by atoms with E-state index in [9.17, 15) is 0 Å². The van der Waals surface area contributed by atoms with E-state index in [0.29, 0.717) is 0 Å². The molecule has 1 rings (SSSR count). The summed E-state index contributed by atoms with van der Waals surface area (Å²) in [7, 11) is 0. The van der Waals surface area contributed by atoms with Crippen LogP contribution in [0.15, 0.2) is 0 Å². The van der Waals surface area contributed by atoms with E-state index in [0.717, 1.165) is 5.92 Å². The second kappa shape index (κ2) is 4.76. The number of hydrogen-bond donors (Lipinski definition) is 0. The Bertz CT molecular complexity index is 95.0. The minimum Gasteiger partial charge on any atom is -0.303 e. The summed E-state index contributed by atoms with van der Waals surface area (Å²) in [6, 6.07) is 0. The van der Waals surface area contributed by atoms with Gasteiger partial charge in [0.2, 0.25) is 0 Å². The lowest BCUT2D eigenvalue weighted by molar-refractivity contribution is 0.111. The highest BCUT2D eigenvalue weighted by atomic mass is 15.2. The third-order valence-electron chi connectivity index (χ3n) is 2.47. The van der Waals surface area contributed by atoms with Gasteiger partial charge in [-0.25, -0.2) is 0 Å². The van der Waals surface area contributed by atoms with Crippen molar-refractivity contribution < 1.29 is 0 Å². The molecule has 1 nitrogen and oxygen atoms in total. The first-order valence-electron chi connectivity index (χ1n) is 5.05. The molecule has 11 heavy (non-hydrogen) atoms. The van der Waals surface area contributed by atoms with Crippen molar-refractivity contribution in [1.29, 1.82) is 0 Å². The van der Waals surface area contributed by atoms with Gasteiger partial charge in [-0.05, 0) is 18.9 Å². The number of likely N-dealkylation sites (tertiary alicyclic amines) is 1. The van der Waals surface area contributed by atoms with Gasteiger partial charge in [0.25, 0.3) is 0 Å². The van der Waals surface area contributed by atoms with Crippen molar-refractivity contribution >= 4 is 0 Å². The normalized spacial score (nSPS) is 20.2. The van der Waals surface area contributed by atoms with Crippen LogP contribution in [0.5, 0.6) is 0 Å². The van der Waals surface area contributed by atoms with Crippen molar-refractivity contribution in [2.24, 2.45) is 5.92 Å². The standard InChI is InChI=1S/C10H21N/c1-3-4-5-6-7-11-8-10(2)9-11/h10H,3-9H2,1-2H3. The Hall–Kier alpha value is -0.0400. The average molecular weight is 155 g/mol. The van der Waals surface area contributed by atoms with Crippen molar-refractivity contribution in [2.45, 2.75) is 39.5 Å². The molecule has 0 aliphatic carbocycles. The van der Waals surface area contributed by atoms with E-state index >= 15 is 0 Å². The molecule has 0 radical (unpaired) electrons. The molecule has 0 unspecified atom stereocenters. The van der Waals surface area contributed by atoms with Crippen molar-refractivity contribution in [3.8, 4) is 0 Å². The van der Waals surface area contributed by atoms with Crippen LogP contribution in [0.1, 0.15) is 39.5 Å². The fourth-order valence-electron chi connectivity index (χ4n) is 1.77. The van der Waals surface area contributed by atoms with Crippen LogP contribution in [0.25, 0.3) is 0 Å². The zero-order valence-corrected chi connectivity index (χ0v) is 7.97. The van der Waals surface area contributed by atoms with E-state index in [1.54, 1.807) is 0 Å². The van der Waals surface area contributed by atoms with Crippen LogP contribution in [0.2, 0.25) is 0 Å². The molecule has 0 bridgehead atoms. The maximum atomic E-state index is 2.57. The molecule has 0 aromatic rings. The van der Waals surface area contributed by atoms with Gasteiger partial charge < -0.3 is 4.90 Å². The first-order valence-corrected chi connectivity index (χ1v) is 5.05. The molecule has 1 heteroatoms. The topological polar surface area (TPSA) is 3.24 Å². The molecule has 1 aliphatic rings. The maximum absolute atomic E-state index is 2.57. The fourth-order valence-corrected chi connectivity index (χ4v) is 1.77. The molecule has 1 fully saturated rings. The average Bonchev–Trinajstić information content (AvgIpc) is 1.94. The number of unbranched alkanes of at least 4 members (excludes halogenated alkanes) is 3. The molecule has 0 aromatic heterocycles. The monoisotopic (exact) mass is 155 g/mol. The van der Waals surface area contributed by atoms with Crippen LogP contribution < -0.4 is 0 Å². The number of nitrogens with zero attached hydrogens (tertiary/aromatic N) is 1. The molecule has 0 atom stereocenters. The minimum atomic E-state index is 0.973. The highest BCUT2D eigenvalue weighted by Gasteiger charge is 2.20. The zero-order chi connectivity index (χ0) is 8.10. The lowest BCUT2D eigenvalue weighted by atomic mass is 10.0. The summed E-state index contributed by atoms with van der Waals surface area (Å²) < 4.78 is 0. The highest BCUT2D eigenvalue weighted by Crippen LogP contribution is 2.14.